The highest BCUT2D eigenvalue weighted by Gasteiger charge is 2.29. The number of tetrazole rings is 1. The highest BCUT2D eigenvalue weighted by Crippen LogP contribution is 2.21. The van der Waals surface area contributed by atoms with E-state index in [9.17, 15) is 9.59 Å². The number of amides is 2. The van der Waals surface area contributed by atoms with E-state index in [1.54, 1.807) is 4.68 Å². The third-order valence-electron chi connectivity index (χ3n) is 2.46. The first-order chi connectivity index (χ1) is 8.89. The smallest absolute Gasteiger partial charge is 0.416 e. The second-order valence-electron chi connectivity index (χ2n) is 4.99. The first kappa shape index (κ1) is 13.8. The fraction of sp³-hybridized carbons (Fsp3) is 0.700. The van der Waals surface area contributed by atoms with Crippen LogP contribution in [0.2, 0.25) is 0 Å². The summed E-state index contributed by atoms with van der Waals surface area (Å²) < 4.78 is 6.36. The van der Waals surface area contributed by atoms with Crippen LogP contribution in [-0.4, -0.2) is 56.0 Å². The van der Waals surface area contributed by atoms with Gasteiger partial charge in [0, 0.05) is 0 Å². The molecule has 0 aliphatic carbocycles. The van der Waals surface area contributed by atoms with Crippen LogP contribution in [0, 0.1) is 0 Å². The first-order valence-corrected chi connectivity index (χ1v) is 6.77. The van der Waals surface area contributed by atoms with Crippen molar-refractivity contribution in [2.75, 3.05) is 18.9 Å². The summed E-state index contributed by atoms with van der Waals surface area (Å²) in [5.41, 5.74) is -0.262. The zero-order valence-electron chi connectivity index (χ0n) is 11.0. The maximum atomic E-state index is 11.8. The monoisotopic (exact) mass is 285 g/mol. The molecule has 19 heavy (non-hydrogen) atoms. The number of cyclic esters (lactones) is 1. The Labute approximate surface area is 114 Å². The molecule has 8 nitrogen and oxygen atoms in total. The SMILES string of the molecule is CC(C)(C)n1nnnc1SCC(=O)N1CCOC1=O. The van der Waals surface area contributed by atoms with Gasteiger partial charge in [0.2, 0.25) is 11.1 Å². The van der Waals surface area contributed by atoms with Crippen molar-refractivity contribution in [3.8, 4) is 0 Å². The van der Waals surface area contributed by atoms with Crippen molar-refractivity contribution in [3.63, 3.8) is 0 Å². The summed E-state index contributed by atoms with van der Waals surface area (Å²) in [6.07, 6.45) is -0.582. The molecule has 0 atom stereocenters. The van der Waals surface area contributed by atoms with E-state index in [0.29, 0.717) is 11.7 Å². The molecule has 1 saturated heterocycles. The van der Waals surface area contributed by atoms with E-state index in [4.69, 9.17) is 4.74 Å². The lowest BCUT2D eigenvalue weighted by molar-refractivity contribution is -0.125. The molecule has 2 heterocycles. The van der Waals surface area contributed by atoms with Crippen LogP contribution < -0.4 is 0 Å². The van der Waals surface area contributed by atoms with E-state index in [1.165, 1.54) is 11.8 Å². The van der Waals surface area contributed by atoms with Crippen molar-refractivity contribution in [1.82, 2.24) is 25.1 Å². The standard InChI is InChI=1S/C10H15N5O3S/c1-10(2,3)15-8(11-12-13-15)19-6-7(16)14-4-5-18-9(14)17/h4-6H2,1-3H3. The van der Waals surface area contributed by atoms with E-state index >= 15 is 0 Å². The molecule has 0 unspecified atom stereocenters. The van der Waals surface area contributed by atoms with Gasteiger partial charge in [0.05, 0.1) is 17.8 Å². The van der Waals surface area contributed by atoms with Crippen LogP contribution in [-0.2, 0) is 15.1 Å². The summed E-state index contributed by atoms with van der Waals surface area (Å²) in [6.45, 7) is 6.46. The minimum Gasteiger partial charge on any atom is -0.447 e. The molecule has 0 N–H and O–H groups in total. The van der Waals surface area contributed by atoms with Crippen molar-refractivity contribution < 1.29 is 14.3 Å². The average Bonchev–Trinajstić information content (AvgIpc) is 2.93. The third-order valence-corrected chi connectivity index (χ3v) is 3.37. The van der Waals surface area contributed by atoms with Crippen molar-refractivity contribution in [1.29, 1.82) is 0 Å². The Morgan fingerprint density at radius 2 is 2.21 bits per heavy atom. The summed E-state index contributed by atoms with van der Waals surface area (Å²) in [4.78, 5) is 24.2. The minimum atomic E-state index is -0.582. The summed E-state index contributed by atoms with van der Waals surface area (Å²) >= 11 is 1.21. The zero-order valence-corrected chi connectivity index (χ0v) is 11.8. The lowest BCUT2D eigenvalue weighted by Gasteiger charge is -2.19. The number of thioether (sulfide) groups is 1. The van der Waals surface area contributed by atoms with Crippen LogP contribution >= 0.6 is 11.8 Å². The number of imide groups is 1. The number of rotatable bonds is 3. The second-order valence-corrected chi connectivity index (χ2v) is 5.94. The van der Waals surface area contributed by atoms with E-state index in [2.05, 4.69) is 15.5 Å². The van der Waals surface area contributed by atoms with Crippen molar-refractivity contribution in [2.45, 2.75) is 31.5 Å². The zero-order chi connectivity index (χ0) is 14.0. The average molecular weight is 285 g/mol. The molecule has 2 amide bonds. The number of aromatic nitrogens is 4. The number of hydrogen-bond donors (Lipinski definition) is 0. The largest absolute Gasteiger partial charge is 0.447 e. The van der Waals surface area contributed by atoms with Gasteiger partial charge in [0.15, 0.2) is 0 Å². The van der Waals surface area contributed by atoms with Crippen molar-refractivity contribution in [2.24, 2.45) is 0 Å². The molecule has 1 aliphatic rings. The summed E-state index contributed by atoms with van der Waals surface area (Å²) in [7, 11) is 0. The Hall–Kier alpha value is -1.64. The highest BCUT2D eigenvalue weighted by molar-refractivity contribution is 7.99. The molecule has 1 fully saturated rings. The maximum absolute atomic E-state index is 11.8. The lowest BCUT2D eigenvalue weighted by atomic mass is 10.1. The molecule has 0 radical (unpaired) electrons. The Bertz CT molecular complexity index is 496. The molecule has 104 valence electrons. The molecule has 0 aromatic carbocycles. The number of hydrogen-bond acceptors (Lipinski definition) is 7. The summed E-state index contributed by atoms with van der Waals surface area (Å²) in [5.74, 6) is -0.193. The Morgan fingerprint density at radius 1 is 1.47 bits per heavy atom. The van der Waals surface area contributed by atoms with E-state index in [-0.39, 0.29) is 23.8 Å². The molecule has 1 aliphatic heterocycles. The van der Waals surface area contributed by atoms with E-state index < -0.39 is 6.09 Å². The highest BCUT2D eigenvalue weighted by atomic mass is 32.2. The minimum absolute atomic E-state index is 0.103. The number of nitrogens with zero attached hydrogens (tertiary/aromatic N) is 5. The van der Waals surface area contributed by atoms with Gasteiger partial charge in [-0.3, -0.25) is 4.79 Å². The molecule has 1 aromatic rings. The van der Waals surface area contributed by atoms with Crippen LogP contribution in [0.5, 0.6) is 0 Å². The first-order valence-electron chi connectivity index (χ1n) is 5.78. The van der Waals surface area contributed by atoms with Gasteiger partial charge < -0.3 is 4.74 Å². The van der Waals surface area contributed by atoms with E-state index in [1.807, 2.05) is 20.8 Å². The van der Waals surface area contributed by atoms with Gasteiger partial charge >= 0.3 is 6.09 Å². The normalized spacial score (nSPS) is 15.7. The molecule has 0 saturated carbocycles. The van der Waals surface area contributed by atoms with Crippen LogP contribution in [0.25, 0.3) is 0 Å². The van der Waals surface area contributed by atoms with Crippen molar-refractivity contribution in [3.05, 3.63) is 0 Å². The van der Waals surface area contributed by atoms with Gasteiger partial charge in [-0.25, -0.2) is 14.4 Å². The van der Waals surface area contributed by atoms with Crippen LogP contribution in [0.15, 0.2) is 5.16 Å². The van der Waals surface area contributed by atoms with Gasteiger partial charge in [0.1, 0.15) is 6.61 Å². The second kappa shape index (κ2) is 5.16. The Morgan fingerprint density at radius 3 is 2.79 bits per heavy atom. The third kappa shape index (κ3) is 3.03. The van der Waals surface area contributed by atoms with E-state index in [0.717, 1.165) is 4.90 Å². The fourth-order valence-corrected chi connectivity index (χ4v) is 2.45. The molecule has 9 heteroatoms. The van der Waals surface area contributed by atoms with Gasteiger partial charge in [-0.1, -0.05) is 11.8 Å². The summed E-state index contributed by atoms with van der Waals surface area (Å²) in [5, 5.41) is 11.9. The van der Waals surface area contributed by atoms with Gasteiger partial charge in [-0.05, 0) is 31.2 Å². The lowest BCUT2D eigenvalue weighted by Crippen LogP contribution is -2.33. The number of ether oxygens (including phenoxy) is 1. The van der Waals surface area contributed by atoms with Crippen molar-refractivity contribution >= 4 is 23.8 Å². The molecule has 0 spiro atoms. The maximum Gasteiger partial charge on any atom is 0.416 e. The Kier molecular flexibility index (Phi) is 3.74. The molecule has 0 bridgehead atoms. The number of carbonyl (C=O) groups excluding carboxylic acids is 2. The van der Waals surface area contributed by atoms with Crippen LogP contribution in [0.4, 0.5) is 4.79 Å². The van der Waals surface area contributed by atoms with Crippen LogP contribution in [0.3, 0.4) is 0 Å². The summed E-state index contributed by atoms with van der Waals surface area (Å²) in [6, 6.07) is 0. The van der Waals surface area contributed by atoms with Gasteiger partial charge in [-0.15, -0.1) is 5.10 Å². The Balaban J connectivity index is 1.98. The quantitative estimate of drug-likeness (QED) is 0.747. The topological polar surface area (TPSA) is 90.2 Å². The number of carbonyl (C=O) groups is 2. The molecule has 1 aromatic heterocycles. The molecular formula is C10H15N5O3S. The van der Waals surface area contributed by atoms with Crippen LogP contribution in [0.1, 0.15) is 20.8 Å². The molecule has 2 rings (SSSR count). The van der Waals surface area contributed by atoms with Gasteiger partial charge in [0.25, 0.3) is 0 Å². The predicted octanol–water partition coefficient (Wildman–Crippen LogP) is 0.499. The predicted molar refractivity (Wildman–Crippen MR) is 66.6 cm³/mol. The fourth-order valence-electron chi connectivity index (χ4n) is 1.51. The molecular weight excluding hydrogens is 270 g/mol. The van der Waals surface area contributed by atoms with Gasteiger partial charge in [-0.2, -0.15) is 0 Å².